The molecular formula is C20H32O5. The van der Waals surface area contributed by atoms with Crippen LogP contribution in [0.3, 0.4) is 0 Å². The first-order valence-corrected chi connectivity index (χ1v) is 9.52. The minimum absolute atomic E-state index is 0.0273. The van der Waals surface area contributed by atoms with Crippen LogP contribution in [-0.4, -0.2) is 51.6 Å². The summed E-state index contributed by atoms with van der Waals surface area (Å²) in [6, 6.07) is 0. The molecule has 0 spiro atoms. The molecule has 0 aromatic heterocycles. The highest BCUT2D eigenvalue weighted by Crippen LogP contribution is 2.62. The Kier molecular flexibility index (Phi) is 4.91. The van der Waals surface area contributed by atoms with Gasteiger partial charge >= 0.3 is 0 Å². The molecule has 25 heavy (non-hydrogen) atoms. The van der Waals surface area contributed by atoms with Gasteiger partial charge in [-0.05, 0) is 61.7 Å². The summed E-state index contributed by atoms with van der Waals surface area (Å²) in [5.74, 6) is 0.328. The van der Waals surface area contributed by atoms with Gasteiger partial charge in [0, 0.05) is 0 Å². The maximum Gasteiger partial charge on any atom is 0.128 e. The molecule has 5 heteroatoms. The second-order valence-electron chi connectivity index (χ2n) is 9.06. The molecule has 2 saturated carbocycles. The van der Waals surface area contributed by atoms with E-state index in [-0.39, 0.29) is 17.3 Å². The molecule has 4 N–H and O–H groups in total. The molecule has 3 rings (SSSR count). The highest BCUT2D eigenvalue weighted by atomic mass is 16.4. The molecule has 0 bridgehead atoms. The van der Waals surface area contributed by atoms with Gasteiger partial charge in [0.1, 0.15) is 11.9 Å². The quantitative estimate of drug-likeness (QED) is 0.453. The molecule has 0 aliphatic heterocycles. The van der Waals surface area contributed by atoms with Crippen LogP contribution >= 0.6 is 0 Å². The van der Waals surface area contributed by atoms with Gasteiger partial charge in [-0.3, -0.25) is 0 Å². The van der Waals surface area contributed by atoms with E-state index in [1.54, 1.807) is 0 Å². The average Bonchev–Trinajstić information content (AvgIpc) is 2.64. The molecule has 0 amide bonds. The fraction of sp³-hybridized carbons (Fsp3) is 0.850. The third-order valence-corrected chi connectivity index (χ3v) is 7.93. The van der Waals surface area contributed by atoms with Crippen molar-refractivity contribution in [2.45, 2.75) is 64.1 Å². The molecule has 142 valence electrons. The smallest absolute Gasteiger partial charge is 0.128 e. The lowest BCUT2D eigenvalue weighted by atomic mass is 9.45. The van der Waals surface area contributed by atoms with E-state index < -0.39 is 30.3 Å². The Morgan fingerprint density at radius 1 is 1.24 bits per heavy atom. The van der Waals surface area contributed by atoms with Crippen LogP contribution in [0.2, 0.25) is 0 Å². The molecule has 0 unspecified atom stereocenters. The van der Waals surface area contributed by atoms with Crippen LogP contribution in [-0.2, 0) is 4.79 Å². The van der Waals surface area contributed by atoms with E-state index in [2.05, 4.69) is 13.0 Å². The number of rotatable bonds is 4. The van der Waals surface area contributed by atoms with E-state index in [1.165, 1.54) is 5.57 Å². The first-order chi connectivity index (χ1) is 11.7. The van der Waals surface area contributed by atoms with Crippen LogP contribution in [0.25, 0.3) is 0 Å². The minimum Gasteiger partial charge on any atom is -0.393 e. The van der Waals surface area contributed by atoms with Crippen LogP contribution in [0, 0.1) is 28.6 Å². The molecular weight excluding hydrogens is 320 g/mol. The molecule has 0 saturated heterocycles. The second-order valence-corrected chi connectivity index (χ2v) is 9.06. The maximum absolute atomic E-state index is 11.8. The second kappa shape index (κ2) is 6.45. The maximum atomic E-state index is 11.8. The van der Waals surface area contributed by atoms with E-state index in [0.29, 0.717) is 18.8 Å². The average molecular weight is 352 g/mol. The number of carbonyl (C=O) groups excluding carboxylic acids is 1. The lowest BCUT2D eigenvalue weighted by Crippen LogP contribution is -2.57. The van der Waals surface area contributed by atoms with E-state index in [9.17, 15) is 25.2 Å². The molecule has 0 aromatic rings. The Balaban J connectivity index is 1.90. The lowest BCUT2D eigenvalue weighted by molar-refractivity contribution is -0.152. The largest absolute Gasteiger partial charge is 0.393 e. The molecule has 6 atom stereocenters. The summed E-state index contributed by atoms with van der Waals surface area (Å²) < 4.78 is 0. The van der Waals surface area contributed by atoms with Crippen molar-refractivity contribution in [2.24, 2.45) is 28.6 Å². The van der Waals surface area contributed by atoms with Gasteiger partial charge in [-0.1, -0.05) is 25.5 Å². The predicted molar refractivity (Wildman–Crippen MR) is 93.7 cm³/mol. The van der Waals surface area contributed by atoms with Gasteiger partial charge in [-0.15, -0.1) is 0 Å². The van der Waals surface area contributed by atoms with Gasteiger partial charge < -0.3 is 25.2 Å². The van der Waals surface area contributed by atoms with Gasteiger partial charge in [0.15, 0.2) is 0 Å². The predicted octanol–water partition coefficient (Wildman–Crippen LogP) is 1.43. The molecule has 3 aliphatic carbocycles. The highest BCUT2D eigenvalue weighted by Gasteiger charge is 2.58. The summed E-state index contributed by atoms with van der Waals surface area (Å²) in [5.41, 5.74) is -0.868. The molecule has 5 nitrogen and oxygen atoms in total. The zero-order valence-electron chi connectivity index (χ0n) is 15.3. The lowest BCUT2D eigenvalue weighted by Gasteiger charge is -2.59. The van der Waals surface area contributed by atoms with Crippen molar-refractivity contribution in [3.05, 3.63) is 11.6 Å². The number of aldehydes is 1. The van der Waals surface area contributed by atoms with Crippen molar-refractivity contribution in [3.63, 3.8) is 0 Å². The number of carbonyl (C=O) groups is 1. The van der Waals surface area contributed by atoms with E-state index in [4.69, 9.17) is 0 Å². The van der Waals surface area contributed by atoms with Gasteiger partial charge in [-0.25, -0.2) is 0 Å². The van der Waals surface area contributed by atoms with Crippen LogP contribution in [0.4, 0.5) is 0 Å². The summed E-state index contributed by atoms with van der Waals surface area (Å²) >= 11 is 0. The number of aliphatic hydroxyl groups is 4. The summed E-state index contributed by atoms with van der Waals surface area (Å²) in [7, 11) is 0. The SMILES string of the molecule is C[C@]1(C=O)[C@H](O)CC[C@@]2(C)[C@@H]3CC[C@@H](C(O)(CO)CO)CC3=CC[C@H]12. The summed E-state index contributed by atoms with van der Waals surface area (Å²) in [6.07, 6.45) is 7.20. The molecule has 2 fully saturated rings. The first kappa shape index (κ1) is 19.0. The Hall–Kier alpha value is -0.750. The Morgan fingerprint density at radius 3 is 2.52 bits per heavy atom. The molecule has 0 aromatic carbocycles. The van der Waals surface area contributed by atoms with Crippen LogP contribution in [0.5, 0.6) is 0 Å². The zero-order chi connectivity index (χ0) is 18.5. The normalized spacial score (nSPS) is 44.5. The van der Waals surface area contributed by atoms with Crippen molar-refractivity contribution < 1.29 is 25.2 Å². The number of allylic oxidation sites excluding steroid dienone is 2. The van der Waals surface area contributed by atoms with E-state index >= 15 is 0 Å². The highest BCUT2D eigenvalue weighted by molar-refractivity contribution is 5.61. The van der Waals surface area contributed by atoms with Crippen molar-refractivity contribution in [2.75, 3.05) is 13.2 Å². The van der Waals surface area contributed by atoms with Crippen LogP contribution < -0.4 is 0 Å². The van der Waals surface area contributed by atoms with Crippen molar-refractivity contribution >= 4 is 6.29 Å². The Bertz CT molecular complexity index is 554. The third-order valence-electron chi connectivity index (χ3n) is 7.93. The standard InChI is InChI=1S/C20H32O5/c1-18-8-7-17(24)19(2,10-21)16(18)6-3-13-9-14(4-5-15(13)18)20(25,11-22)12-23/h3,10,14-17,22-25H,4-9,11-12H2,1-2H3/t14-,15-,16+,17-,18+,19-/m1/s1. The van der Waals surface area contributed by atoms with Gasteiger partial charge in [-0.2, -0.15) is 0 Å². The number of hydrogen-bond donors (Lipinski definition) is 4. The fourth-order valence-electron chi connectivity index (χ4n) is 6.07. The summed E-state index contributed by atoms with van der Waals surface area (Å²) in [6.45, 7) is 3.30. The van der Waals surface area contributed by atoms with Gasteiger partial charge in [0.2, 0.25) is 0 Å². The third kappa shape index (κ3) is 2.71. The number of hydrogen-bond acceptors (Lipinski definition) is 5. The molecule has 0 radical (unpaired) electrons. The molecule has 0 heterocycles. The van der Waals surface area contributed by atoms with Crippen LogP contribution in [0.15, 0.2) is 11.6 Å². The number of fused-ring (bicyclic) bond motifs is 3. The Morgan fingerprint density at radius 2 is 1.92 bits per heavy atom. The molecule has 3 aliphatic rings. The number of aliphatic hydroxyl groups excluding tert-OH is 3. The summed E-state index contributed by atoms with van der Waals surface area (Å²) in [4.78, 5) is 11.8. The van der Waals surface area contributed by atoms with Crippen molar-refractivity contribution in [3.8, 4) is 0 Å². The van der Waals surface area contributed by atoms with Gasteiger partial charge in [0.25, 0.3) is 0 Å². The van der Waals surface area contributed by atoms with E-state index in [0.717, 1.165) is 32.0 Å². The van der Waals surface area contributed by atoms with Crippen LogP contribution in [0.1, 0.15) is 52.4 Å². The van der Waals surface area contributed by atoms with E-state index in [1.807, 2.05) is 6.92 Å². The topological polar surface area (TPSA) is 98.0 Å². The summed E-state index contributed by atoms with van der Waals surface area (Å²) in [5, 5.41) is 39.9. The zero-order valence-corrected chi connectivity index (χ0v) is 15.3. The van der Waals surface area contributed by atoms with Crippen molar-refractivity contribution in [1.82, 2.24) is 0 Å². The minimum atomic E-state index is -1.43. The monoisotopic (exact) mass is 352 g/mol. The fourth-order valence-corrected chi connectivity index (χ4v) is 6.07. The van der Waals surface area contributed by atoms with Crippen molar-refractivity contribution in [1.29, 1.82) is 0 Å². The van der Waals surface area contributed by atoms with Gasteiger partial charge in [0.05, 0.1) is 24.7 Å². The Labute approximate surface area is 149 Å². The first-order valence-electron chi connectivity index (χ1n) is 9.52.